The second-order valence-corrected chi connectivity index (χ2v) is 8.61. The van der Waals surface area contributed by atoms with E-state index in [4.69, 9.17) is 22.1 Å². The molecule has 4 N–H and O–H groups in total. The topological polar surface area (TPSA) is 110 Å². The molecule has 0 radical (unpaired) electrons. The standard InChI is InChI=1S/C25H24ClF2N5O3/c1-14(21-19(27)7-6-18(26)22(21)28)36-20-12-16(13-31-23(20)29)24(34)32-17-4-2-15(3-5-17)25(35)33-10-8-30-9-11-33/h2-7,12-14,30H,8-11H2,1H3,(H2,29,31)(H,32,34)/t14-/m1/s1. The lowest BCUT2D eigenvalue weighted by Crippen LogP contribution is -2.46. The second-order valence-electron chi connectivity index (χ2n) is 8.20. The Balaban J connectivity index is 1.45. The van der Waals surface area contributed by atoms with Gasteiger partial charge in [-0.05, 0) is 49.4 Å². The van der Waals surface area contributed by atoms with Crippen molar-refractivity contribution in [2.75, 3.05) is 37.2 Å². The fourth-order valence-corrected chi connectivity index (χ4v) is 3.95. The zero-order valence-corrected chi connectivity index (χ0v) is 20.1. The van der Waals surface area contributed by atoms with Gasteiger partial charge in [-0.1, -0.05) is 11.6 Å². The molecule has 1 aliphatic rings. The number of nitrogen functional groups attached to an aromatic ring is 1. The lowest BCUT2D eigenvalue weighted by Gasteiger charge is -2.27. The number of rotatable bonds is 6. The number of piperazine rings is 1. The number of benzene rings is 2. The number of anilines is 2. The van der Waals surface area contributed by atoms with Crippen LogP contribution < -0.4 is 21.1 Å². The van der Waals surface area contributed by atoms with E-state index in [0.29, 0.717) is 24.3 Å². The molecular weight excluding hydrogens is 492 g/mol. The molecule has 0 aliphatic carbocycles. The van der Waals surface area contributed by atoms with E-state index >= 15 is 0 Å². The molecule has 0 unspecified atom stereocenters. The van der Waals surface area contributed by atoms with Crippen LogP contribution in [0, 0.1) is 11.6 Å². The Hall–Kier alpha value is -3.76. The van der Waals surface area contributed by atoms with Gasteiger partial charge >= 0.3 is 0 Å². The Bertz CT molecular complexity index is 1280. The Morgan fingerprint density at radius 1 is 1.14 bits per heavy atom. The van der Waals surface area contributed by atoms with Gasteiger partial charge < -0.3 is 26.0 Å². The van der Waals surface area contributed by atoms with Gasteiger partial charge in [0, 0.05) is 43.6 Å². The first kappa shape index (κ1) is 25.3. The molecule has 1 aromatic heterocycles. The summed E-state index contributed by atoms with van der Waals surface area (Å²) >= 11 is 5.76. The number of carbonyl (C=O) groups is 2. The summed E-state index contributed by atoms with van der Waals surface area (Å²) in [6.45, 7) is 4.21. The molecule has 0 saturated carbocycles. The highest BCUT2D eigenvalue weighted by atomic mass is 35.5. The predicted octanol–water partition coefficient (Wildman–Crippen LogP) is 4.03. The summed E-state index contributed by atoms with van der Waals surface area (Å²) in [5, 5.41) is 5.66. The molecule has 1 atom stereocenters. The van der Waals surface area contributed by atoms with E-state index in [-0.39, 0.29) is 33.6 Å². The van der Waals surface area contributed by atoms with Crippen molar-refractivity contribution in [3.05, 3.63) is 82.0 Å². The van der Waals surface area contributed by atoms with Crippen LogP contribution in [0.1, 0.15) is 39.3 Å². The Morgan fingerprint density at radius 3 is 2.53 bits per heavy atom. The lowest BCUT2D eigenvalue weighted by atomic mass is 10.1. The zero-order chi connectivity index (χ0) is 25.8. The van der Waals surface area contributed by atoms with Crippen LogP contribution in [0.25, 0.3) is 0 Å². The molecule has 8 nitrogen and oxygen atoms in total. The highest BCUT2D eigenvalue weighted by Gasteiger charge is 2.22. The number of aromatic nitrogens is 1. The maximum atomic E-state index is 14.4. The third kappa shape index (κ3) is 5.55. The summed E-state index contributed by atoms with van der Waals surface area (Å²) in [6, 6.07) is 10.0. The van der Waals surface area contributed by atoms with Crippen LogP contribution in [0.4, 0.5) is 20.3 Å². The predicted molar refractivity (Wildman–Crippen MR) is 132 cm³/mol. The van der Waals surface area contributed by atoms with E-state index in [2.05, 4.69) is 15.6 Å². The molecule has 11 heteroatoms. The number of carbonyl (C=O) groups excluding carboxylic acids is 2. The minimum Gasteiger partial charge on any atom is -0.482 e. The summed E-state index contributed by atoms with van der Waals surface area (Å²) in [5.74, 6) is -2.43. The first-order valence-corrected chi connectivity index (χ1v) is 11.6. The van der Waals surface area contributed by atoms with Crippen LogP contribution in [0.2, 0.25) is 5.02 Å². The number of halogens is 3. The molecule has 2 heterocycles. The molecule has 2 aromatic carbocycles. The van der Waals surface area contributed by atoms with Crippen LogP contribution >= 0.6 is 11.6 Å². The number of nitrogens with one attached hydrogen (secondary N) is 2. The molecule has 1 aliphatic heterocycles. The molecule has 36 heavy (non-hydrogen) atoms. The van der Waals surface area contributed by atoms with Crippen molar-refractivity contribution in [2.24, 2.45) is 0 Å². The first-order chi connectivity index (χ1) is 17.2. The van der Waals surface area contributed by atoms with Gasteiger partial charge in [0.05, 0.1) is 16.1 Å². The zero-order valence-electron chi connectivity index (χ0n) is 19.4. The van der Waals surface area contributed by atoms with Gasteiger partial charge in [-0.15, -0.1) is 0 Å². The van der Waals surface area contributed by atoms with Gasteiger partial charge in [0.2, 0.25) is 0 Å². The minimum absolute atomic E-state index is 0.0223. The van der Waals surface area contributed by atoms with Gasteiger partial charge in [-0.2, -0.15) is 0 Å². The van der Waals surface area contributed by atoms with Crippen LogP contribution in [-0.4, -0.2) is 47.9 Å². The largest absolute Gasteiger partial charge is 0.482 e. The summed E-state index contributed by atoms with van der Waals surface area (Å²) in [6.07, 6.45) is 0.150. The summed E-state index contributed by atoms with van der Waals surface area (Å²) in [4.78, 5) is 31.1. The smallest absolute Gasteiger partial charge is 0.257 e. The molecule has 0 spiro atoms. The summed E-state index contributed by atoms with van der Waals surface area (Å²) < 4.78 is 34.2. The van der Waals surface area contributed by atoms with Crippen molar-refractivity contribution < 1.29 is 23.1 Å². The van der Waals surface area contributed by atoms with Crippen LogP contribution in [0.5, 0.6) is 5.75 Å². The normalized spacial score (nSPS) is 14.3. The number of amides is 2. The number of nitrogens with two attached hydrogens (primary N) is 1. The first-order valence-electron chi connectivity index (χ1n) is 11.2. The van der Waals surface area contributed by atoms with Crippen molar-refractivity contribution in [3.63, 3.8) is 0 Å². The molecule has 1 saturated heterocycles. The molecule has 4 rings (SSSR count). The summed E-state index contributed by atoms with van der Waals surface area (Å²) in [7, 11) is 0. The average molecular weight is 516 g/mol. The Labute approximate surface area is 211 Å². The van der Waals surface area contributed by atoms with Crippen molar-refractivity contribution in [3.8, 4) is 5.75 Å². The van der Waals surface area contributed by atoms with E-state index in [1.165, 1.54) is 19.2 Å². The molecular formula is C25H24ClF2N5O3. The van der Waals surface area contributed by atoms with E-state index < -0.39 is 23.6 Å². The quantitative estimate of drug-likeness (QED) is 0.428. The average Bonchev–Trinajstić information content (AvgIpc) is 2.88. The third-order valence-electron chi connectivity index (χ3n) is 5.73. The maximum absolute atomic E-state index is 14.4. The minimum atomic E-state index is -1.10. The molecule has 3 aromatic rings. The third-order valence-corrected chi connectivity index (χ3v) is 6.02. The van der Waals surface area contributed by atoms with Crippen molar-refractivity contribution in [1.29, 1.82) is 0 Å². The van der Waals surface area contributed by atoms with Crippen molar-refractivity contribution in [1.82, 2.24) is 15.2 Å². The Kier molecular flexibility index (Phi) is 7.66. The highest BCUT2D eigenvalue weighted by Crippen LogP contribution is 2.32. The second kappa shape index (κ2) is 10.9. The number of hydrogen-bond donors (Lipinski definition) is 3. The van der Waals surface area contributed by atoms with Crippen LogP contribution in [0.15, 0.2) is 48.7 Å². The van der Waals surface area contributed by atoms with E-state index in [1.807, 2.05) is 0 Å². The van der Waals surface area contributed by atoms with Crippen LogP contribution in [-0.2, 0) is 0 Å². The molecule has 188 valence electrons. The van der Waals surface area contributed by atoms with Crippen molar-refractivity contribution >= 4 is 34.9 Å². The van der Waals surface area contributed by atoms with Gasteiger partial charge in [-0.3, -0.25) is 9.59 Å². The van der Waals surface area contributed by atoms with Gasteiger partial charge in [0.1, 0.15) is 11.9 Å². The van der Waals surface area contributed by atoms with Gasteiger partial charge in [0.25, 0.3) is 11.8 Å². The fraction of sp³-hybridized carbons (Fsp3) is 0.240. The van der Waals surface area contributed by atoms with Gasteiger partial charge in [-0.25, -0.2) is 13.8 Å². The monoisotopic (exact) mass is 515 g/mol. The van der Waals surface area contributed by atoms with Gasteiger partial charge in [0.15, 0.2) is 17.4 Å². The van der Waals surface area contributed by atoms with Crippen LogP contribution in [0.3, 0.4) is 0 Å². The number of nitrogens with zero attached hydrogens (tertiary/aromatic N) is 2. The lowest BCUT2D eigenvalue weighted by molar-refractivity contribution is 0.0735. The SMILES string of the molecule is C[C@@H](Oc1cc(C(=O)Nc2ccc(C(=O)N3CCNCC3)cc2)cnc1N)c1c(F)ccc(Cl)c1F. The number of ether oxygens (including phenoxy) is 1. The maximum Gasteiger partial charge on any atom is 0.257 e. The van der Waals surface area contributed by atoms with E-state index in [9.17, 15) is 18.4 Å². The fourth-order valence-electron chi connectivity index (χ4n) is 3.79. The molecule has 2 amide bonds. The van der Waals surface area contributed by atoms with E-state index in [0.717, 1.165) is 25.2 Å². The van der Waals surface area contributed by atoms with E-state index in [1.54, 1.807) is 29.2 Å². The number of pyridine rings is 1. The summed E-state index contributed by atoms with van der Waals surface area (Å²) in [5.41, 5.74) is 6.59. The number of hydrogen-bond acceptors (Lipinski definition) is 6. The molecule has 1 fully saturated rings. The Morgan fingerprint density at radius 2 is 1.83 bits per heavy atom. The molecule has 0 bridgehead atoms. The van der Waals surface area contributed by atoms with Crippen molar-refractivity contribution in [2.45, 2.75) is 13.0 Å². The highest BCUT2D eigenvalue weighted by molar-refractivity contribution is 6.30.